The van der Waals surface area contributed by atoms with Gasteiger partial charge in [0, 0.05) is 6.07 Å². The Morgan fingerprint density at radius 3 is 2.90 bits per heavy atom. The van der Waals surface area contributed by atoms with Gasteiger partial charge in [0.2, 0.25) is 0 Å². The van der Waals surface area contributed by atoms with Gasteiger partial charge in [-0.25, -0.2) is 4.68 Å². The molecule has 102 valence electrons. The van der Waals surface area contributed by atoms with Gasteiger partial charge in [0.15, 0.2) is 5.88 Å². The van der Waals surface area contributed by atoms with Crippen LogP contribution in [-0.4, -0.2) is 27.0 Å². The van der Waals surface area contributed by atoms with Gasteiger partial charge in [-0.15, -0.1) is 0 Å². The number of anilines is 1. The van der Waals surface area contributed by atoms with Crippen LogP contribution in [0, 0.1) is 0 Å². The van der Waals surface area contributed by atoms with Crippen molar-refractivity contribution in [3.8, 4) is 17.3 Å². The van der Waals surface area contributed by atoms with Crippen LogP contribution in [0.5, 0.6) is 11.6 Å². The molecule has 0 amide bonds. The lowest BCUT2D eigenvalue weighted by Gasteiger charge is -2.08. The van der Waals surface area contributed by atoms with E-state index in [4.69, 9.17) is 10.5 Å². The number of nitrogens with zero attached hydrogens (tertiary/aromatic N) is 2. The maximum atomic E-state index is 11.8. The second-order valence-electron chi connectivity index (χ2n) is 4.21. The van der Waals surface area contributed by atoms with Gasteiger partial charge in [-0.3, -0.25) is 9.78 Å². The number of methoxy groups -OCH3 is 1. The smallest absolute Gasteiger partial charge is 0.263 e. The summed E-state index contributed by atoms with van der Waals surface area (Å²) in [6.07, 6.45) is 0. The largest absolute Gasteiger partial charge is 0.494 e. The van der Waals surface area contributed by atoms with E-state index in [-0.39, 0.29) is 17.1 Å². The highest BCUT2D eigenvalue weighted by Crippen LogP contribution is 2.27. The Morgan fingerprint density at radius 2 is 2.15 bits per heavy atom. The first-order valence-corrected chi connectivity index (χ1v) is 5.85. The van der Waals surface area contributed by atoms with Crippen molar-refractivity contribution in [2.45, 2.75) is 0 Å². The Kier molecular flexibility index (Phi) is 2.60. The van der Waals surface area contributed by atoms with E-state index in [0.717, 1.165) is 0 Å². The number of aromatic hydroxyl groups is 1. The highest BCUT2D eigenvalue weighted by atomic mass is 16.5. The molecular weight excluding hydrogens is 260 g/mol. The maximum Gasteiger partial charge on any atom is 0.263 e. The van der Waals surface area contributed by atoms with E-state index >= 15 is 0 Å². The monoisotopic (exact) mass is 272 g/mol. The number of hydrogen-bond acceptors (Lipinski definition) is 5. The number of pyridine rings is 1. The van der Waals surface area contributed by atoms with E-state index in [1.54, 1.807) is 12.1 Å². The van der Waals surface area contributed by atoms with Gasteiger partial charge in [0.05, 0.1) is 7.11 Å². The van der Waals surface area contributed by atoms with Crippen molar-refractivity contribution in [1.82, 2.24) is 14.8 Å². The summed E-state index contributed by atoms with van der Waals surface area (Å²) in [4.78, 5) is 14.1. The number of benzene rings is 1. The molecule has 7 nitrogen and oxygen atoms in total. The van der Waals surface area contributed by atoms with E-state index in [9.17, 15) is 9.90 Å². The molecule has 0 aliphatic carbocycles. The number of rotatable bonds is 2. The molecule has 0 bridgehead atoms. The number of nitrogen functional groups attached to an aromatic ring is 1. The fourth-order valence-electron chi connectivity index (χ4n) is 2.12. The third-order valence-corrected chi connectivity index (χ3v) is 3.00. The van der Waals surface area contributed by atoms with Crippen molar-refractivity contribution in [2.24, 2.45) is 0 Å². The molecule has 0 atom stereocenters. The Hall–Kier alpha value is -2.96. The minimum Gasteiger partial charge on any atom is -0.494 e. The zero-order valence-corrected chi connectivity index (χ0v) is 10.6. The van der Waals surface area contributed by atoms with Crippen molar-refractivity contribution in [2.75, 3.05) is 12.8 Å². The summed E-state index contributed by atoms with van der Waals surface area (Å²) in [5.41, 5.74) is 6.43. The van der Waals surface area contributed by atoms with Crippen molar-refractivity contribution in [1.29, 1.82) is 0 Å². The van der Waals surface area contributed by atoms with Crippen LogP contribution in [0.4, 0.5) is 5.82 Å². The van der Waals surface area contributed by atoms with Crippen LogP contribution >= 0.6 is 0 Å². The van der Waals surface area contributed by atoms with Crippen LogP contribution < -0.4 is 16.0 Å². The first-order chi connectivity index (χ1) is 9.61. The number of ether oxygens (including phenoxy) is 1. The van der Waals surface area contributed by atoms with Crippen LogP contribution in [0.3, 0.4) is 0 Å². The number of aromatic nitrogens is 3. The molecule has 20 heavy (non-hydrogen) atoms. The minimum absolute atomic E-state index is 0.186. The standard InChI is InChI=1S/C13H12N4O3/c1-20-9-5-3-2-4-8(9)17-12(14)11-7(16-17)6-10(18)15-13(11)19/h2-6,18H,14H2,1H3,(H,15,19). The molecule has 0 aliphatic heterocycles. The molecule has 3 aromatic rings. The molecule has 4 N–H and O–H groups in total. The molecule has 0 fully saturated rings. The number of aromatic amines is 1. The van der Waals surface area contributed by atoms with Gasteiger partial charge in [-0.05, 0) is 12.1 Å². The summed E-state index contributed by atoms with van der Waals surface area (Å²) in [7, 11) is 1.54. The Labute approximate surface area is 113 Å². The first-order valence-electron chi connectivity index (χ1n) is 5.85. The van der Waals surface area contributed by atoms with Crippen LogP contribution in [-0.2, 0) is 0 Å². The molecule has 0 saturated heterocycles. The summed E-state index contributed by atoms with van der Waals surface area (Å²) in [5.74, 6) is 0.505. The predicted octanol–water partition coefficient (Wildman–Crippen LogP) is 1.01. The number of hydrogen-bond donors (Lipinski definition) is 3. The van der Waals surface area contributed by atoms with Crippen LogP contribution in [0.2, 0.25) is 0 Å². The second-order valence-corrected chi connectivity index (χ2v) is 4.21. The molecule has 0 saturated carbocycles. The highest BCUT2D eigenvalue weighted by Gasteiger charge is 2.16. The van der Waals surface area contributed by atoms with E-state index < -0.39 is 5.56 Å². The van der Waals surface area contributed by atoms with Crippen molar-refractivity contribution in [3.05, 3.63) is 40.7 Å². The van der Waals surface area contributed by atoms with Gasteiger partial charge in [-0.1, -0.05) is 12.1 Å². The van der Waals surface area contributed by atoms with Crippen LogP contribution in [0.1, 0.15) is 0 Å². The van der Waals surface area contributed by atoms with E-state index in [1.807, 2.05) is 12.1 Å². The SMILES string of the molecule is COc1ccccc1-n1nc2cc(O)[nH]c(=O)c2c1N. The quantitative estimate of drug-likeness (QED) is 0.645. The zero-order valence-electron chi connectivity index (χ0n) is 10.6. The molecule has 0 radical (unpaired) electrons. The van der Waals surface area contributed by atoms with Crippen molar-refractivity contribution < 1.29 is 9.84 Å². The molecule has 0 unspecified atom stereocenters. The summed E-state index contributed by atoms with van der Waals surface area (Å²) in [6, 6.07) is 8.52. The third kappa shape index (κ3) is 1.68. The van der Waals surface area contributed by atoms with Crippen LogP contribution in [0.25, 0.3) is 16.6 Å². The summed E-state index contributed by atoms with van der Waals surface area (Å²) < 4.78 is 6.67. The topological polar surface area (TPSA) is 106 Å². The molecule has 2 aromatic heterocycles. The number of nitrogens with one attached hydrogen (secondary N) is 1. The first kappa shape index (κ1) is 12.1. The molecule has 7 heteroatoms. The van der Waals surface area contributed by atoms with E-state index in [1.165, 1.54) is 17.9 Å². The van der Waals surface area contributed by atoms with E-state index in [0.29, 0.717) is 17.0 Å². The number of nitrogens with two attached hydrogens (primary N) is 1. The van der Waals surface area contributed by atoms with Gasteiger partial charge in [-0.2, -0.15) is 5.10 Å². The van der Waals surface area contributed by atoms with E-state index in [2.05, 4.69) is 10.1 Å². The second kappa shape index (κ2) is 4.30. The summed E-state index contributed by atoms with van der Waals surface area (Å²) in [5, 5.41) is 13.9. The maximum absolute atomic E-state index is 11.8. The Balaban J connectivity index is 2.35. The third-order valence-electron chi connectivity index (χ3n) is 3.00. The Bertz CT molecular complexity index is 850. The number of para-hydroxylation sites is 2. The molecule has 0 aliphatic rings. The van der Waals surface area contributed by atoms with Crippen molar-refractivity contribution in [3.63, 3.8) is 0 Å². The van der Waals surface area contributed by atoms with Gasteiger partial charge in [0.1, 0.15) is 28.2 Å². The molecule has 0 spiro atoms. The van der Waals surface area contributed by atoms with Crippen LogP contribution in [0.15, 0.2) is 35.1 Å². The fourth-order valence-corrected chi connectivity index (χ4v) is 2.12. The zero-order chi connectivity index (χ0) is 14.3. The van der Waals surface area contributed by atoms with Gasteiger partial charge >= 0.3 is 0 Å². The summed E-state index contributed by atoms with van der Waals surface area (Å²) >= 11 is 0. The van der Waals surface area contributed by atoms with Gasteiger partial charge in [0.25, 0.3) is 5.56 Å². The lowest BCUT2D eigenvalue weighted by molar-refractivity contribution is 0.412. The molecule has 1 aromatic carbocycles. The van der Waals surface area contributed by atoms with Crippen molar-refractivity contribution >= 4 is 16.7 Å². The average Bonchev–Trinajstić information content (AvgIpc) is 2.75. The average molecular weight is 272 g/mol. The predicted molar refractivity (Wildman–Crippen MR) is 74.3 cm³/mol. The molecule has 2 heterocycles. The highest BCUT2D eigenvalue weighted by molar-refractivity contribution is 5.89. The normalized spacial score (nSPS) is 10.8. The lowest BCUT2D eigenvalue weighted by Crippen LogP contribution is -2.08. The molecule has 3 rings (SSSR count). The number of H-pyrrole nitrogens is 1. The fraction of sp³-hybridized carbons (Fsp3) is 0.0769. The molecular formula is C13H12N4O3. The Morgan fingerprint density at radius 1 is 1.40 bits per heavy atom. The summed E-state index contributed by atoms with van der Waals surface area (Å²) in [6.45, 7) is 0. The minimum atomic E-state index is -0.487. The number of fused-ring (bicyclic) bond motifs is 1. The van der Waals surface area contributed by atoms with Gasteiger partial charge < -0.3 is 15.6 Å². The lowest BCUT2D eigenvalue weighted by atomic mass is 10.3.